The van der Waals surface area contributed by atoms with Crippen molar-refractivity contribution in [3.63, 3.8) is 0 Å². The zero-order valence-corrected chi connectivity index (χ0v) is 13.7. The van der Waals surface area contributed by atoms with Crippen LogP contribution in [0.5, 0.6) is 0 Å². The molecular formula is C17H26N2O2. The SMILES string of the molecule is Cc1oc(C(C)C)cc1C(=O)N1C[C@@H]2C(CN(C)C)[C@@H]2C1. The molecule has 1 amide bonds. The largest absolute Gasteiger partial charge is 0.465 e. The molecule has 1 unspecified atom stereocenters. The lowest BCUT2D eigenvalue weighted by Crippen LogP contribution is -2.33. The first-order valence-electron chi connectivity index (χ1n) is 7.92. The number of nitrogens with zero attached hydrogens (tertiary/aromatic N) is 2. The van der Waals surface area contributed by atoms with Gasteiger partial charge in [0.1, 0.15) is 11.5 Å². The molecule has 3 atom stereocenters. The Hall–Kier alpha value is -1.29. The highest BCUT2D eigenvalue weighted by atomic mass is 16.3. The third-order valence-corrected chi connectivity index (χ3v) is 4.97. The number of aryl methyl sites for hydroxylation is 1. The maximum atomic E-state index is 12.7. The van der Waals surface area contributed by atoms with Gasteiger partial charge < -0.3 is 14.2 Å². The highest BCUT2D eigenvalue weighted by Crippen LogP contribution is 2.52. The first-order chi connectivity index (χ1) is 9.88. The van der Waals surface area contributed by atoms with E-state index in [1.54, 1.807) is 0 Å². The van der Waals surface area contributed by atoms with Crippen LogP contribution in [-0.2, 0) is 0 Å². The highest BCUT2D eigenvalue weighted by molar-refractivity contribution is 5.95. The fraction of sp³-hybridized carbons (Fsp3) is 0.706. The molecular weight excluding hydrogens is 264 g/mol. The fourth-order valence-electron chi connectivity index (χ4n) is 3.68. The number of hydrogen-bond acceptors (Lipinski definition) is 3. The van der Waals surface area contributed by atoms with Gasteiger partial charge in [-0.3, -0.25) is 4.79 Å². The Kier molecular flexibility index (Phi) is 3.60. The highest BCUT2D eigenvalue weighted by Gasteiger charge is 2.56. The van der Waals surface area contributed by atoms with E-state index in [1.807, 2.05) is 17.9 Å². The second kappa shape index (κ2) is 5.16. The average molecular weight is 290 g/mol. The van der Waals surface area contributed by atoms with Crippen LogP contribution in [0.1, 0.15) is 41.6 Å². The van der Waals surface area contributed by atoms with Crippen molar-refractivity contribution in [3.8, 4) is 0 Å². The lowest BCUT2D eigenvalue weighted by molar-refractivity contribution is 0.0763. The number of piperidine rings is 1. The van der Waals surface area contributed by atoms with Crippen molar-refractivity contribution in [2.45, 2.75) is 26.7 Å². The van der Waals surface area contributed by atoms with E-state index in [4.69, 9.17) is 4.42 Å². The molecule has 4 nitrogen and oxygen atoms in total. The van der Waals surface area contributed by atoms with Crippen molar-refractivity contribution >= 4 is 5.91 Å². The van der Waals surface area contributed by atoms with E-state index in [2.05, 4.69) is 32.8 Å². The Balaban J connectivity index is 1.64. The predicted octanol–water partition coefficient (Wildman–Crippen LogP) is 2.59. The Morgan fingerprint density at radius 3 is 2.48 bits per heavy atom. The number of furan rings is 1. The first-order valence-corrected chi connectivity index (χ1v) is 7.92. The lowest BCUT2D eigenvalue weighted by Gasteiger charge is -2.20. The van der Waals surface area contributed by atoms with Crippen molar-refractivity contribution in [1.82, 2.24) is 9.80 Å². The normalized spacial score (nSPS) is 27.6. The molecule has 2 heterocycles. The van der Waals surface area contributed by atoms with Crippen molar-refractivity contribution in [2.24, 2.45) is 17.8 Å². The summed E-state index contributed by atoms with van der Waals surface area (Å²) in [5.74, 6) is 4.36. The topological polar surface area (TPSA) is 36.7 Å². The zero-order valence-electron chi connectivity index (χ0n) is 13.7. The molecule has 1 saturated heterocycles. The molecule has 1 aromatic heterocycles. The Bertz CT molecular complexity index is 535. The third kappa shape index (κ3) is 2.61. The van der Waals surface area contributed by atoms with Crippen LogP contribution in [0.15, 0.2) is 10.5 Å². The van der Waals surface area contributed by atoms with Gasteiger partial charge in [-0.25, -0.2) is 0 Å². The zero-order chi connectivity index (χ0) is 15.3. The van der Waals surface area contributed by atoms with Gasteiger partial charge in [0, 0.05) is 25.6 Å². The fourth-order valence-corrected chi connectivity index (χ4v) is 3.68. The van der Waals surface area contributed by atoms with Gasteiger partial charge in [-0.05, 0) is 44.8 Å². The molecule has 3 rings (SSSR count). The van der Waals surface area contributed by atoms with Crippen molar-refractivity contribution in [1.29, 1.82) is 0 Å². The van der Waals surface area contributed by atoms with Gasteiger partial charge in [-0.1, -0.05) is 13.8 Å². The number of carbonyl (C=O) groups excluding carboxylic acids is 1. The van der Waals surface area contributed by atoms with Gasteiger partial charge in [0.25, 0.3) is 5.91 Å². The van der Waals surface area contributed by atoms with Gasteiger partial charge in [0.2, 0.25) is 0 Å². The summed E-state index contributed by atoms with van der Waals surface area (Å²) in [4.78, 5) is 16.9. The Morgan fingerprint density at radius 1 is 1.38 bits per heavy atom. The first kappa shape index (κ1) is 14.6. The minimum absolute atomic E-state index is 0.152. The van der Waals surface area contributed by atoms with Crippen molar-refractivity contribution < 1.29 is 9.21 Å². The molecule has 4 heteroatoms. The summed E-state index contributed by atoms with van der Waals surface area (Å²) in [6.45, 7) is 9.06. The van der Waals surface area contributed by atoms with Gasteiger partial charge >= 0.3 is 0 Å². The summed E-state index contributed by atoms with van der Waals surface area (Å²) in [7, 11) is 4.25. The molecule has 1 aromatic rings. The van der Waals surface area contributed by atoms with Crippen LogP contribution in [0.3, 0.4) is 0 Å². The molecule has 0 N–H and O–H groups in total. The molecule has 0 radical (unpaired) electrons. The van der Waals surface area contributed by atoms with Gasteiger partial charge in [-0.15, -0.1) is 0 Å². The van der Waals surface area contributed by atoms with E-state index < -0.39 is 0 Å². The van der Waals surface area contributed by atoms with Crippen molar-refractivity contribution in [2.75, 3.05) is 33.7 Å². The van der Waals surface area contributed by atoms with E-state index in [9.17, 15) is 4.79 Å². The van der Waals surface area contributed by atoms with E-state index in [1.165, 1.54) is 0 Å². The molecule has 2 aliphatic rings. The van der Waals surface area contributed by atoms with Crippen LogP contribution in [0, 0.1) is 24.7 Å². The molecule has 1 aliphatic carbocycles. The van der Waals surface area contributed by atoms with E-state index in [-0.39, 0.29) is 5.91 Å². The number of rotatable bonds is 4. The molecule has 1 aliphatic heterocycles. The summed E-state index contributed by atoms with van der Waals surface area (Å²) < 4.78 is 5.71. The van der Waals surface area contributed by atoms with E-state index >= 15 is 0 Å². The van der Waals surface area contributed by atoms with E-state index in [0.29, 0.717) is 17.8 Å². The van der Waals surface area contributed by atoms with Crippen LogP contribution in [0.2, 0.25) is 0 Å². The molecule has 1 saturated carbocycles. The summed E-state index contributed by atoms with van der Waals surface area (Å²) in [5.41, 5.74) is 0.754. The van der Waals surface area contributed by atoms with Crippen LogP contribution in [-0.4, -0.2) is 49.4 Å². The van der Waals surface area contributed by atoms with Gasteiger partial charge in [-0.2, -0.15) is 0 Å². The Morgan fingerprint density at radius 2 is 2.00 bits per heavy atom. The average Bonchev–Trinajstić information content (AvgIpc) is 2.82. The molecule has 21 heavy (non-hydrogen) atoms. The third-order valence-electron chi connectivity index (χ3n) is 4.97. The molecule has 116 valence electrons. The van der Waals surface area contributed by atoms with Crippen LogP contribution >= 0.6 is 0 Å². The standard InChI is InChI=1S/C17H26N2O2/c1-10(2)16-6-12(11(3)21-16)17(20)19-8-14-13(7-18(4)5)15(14)9-19/h6,10,13-15H,7-9H2,1-5H3/t13?,14-,15+. The number of likely N-dealkylation sites (tertiary alicyclic amines) is 1. The number of hydrogen-bond donors (Lipinski definition) is 0. The molecule has 2 fully saturated rings. The minimum Gasteiger partial charge on any atom is -0.465 e. The van der Waals surface area contributed by atoms with Crippen LogP contribution in [0.25, 0.3) is 0 Å². The summed E-state index contributed by atoms with van der Waals surface area (Å²) in [6.07, 6.45) is 0. The van der Waals surface area contributed by atoms with Crippen LogP contribution < -0.4 is 0 Å². The molecule has 0 aromatic carbocycles. The monoisotopic (exact) mass is 290 g/mol. The second-order valence-electron chi connectivity index (χ2n) is 7.24. The molecule has 0 spiro atoms. The predicted molar refractivity (Wildman–Crippen MR) is 82.5 cm³/mol. The molecule has 0 bridgehead atoms. The number of carbonyl (C=O) groups is 1. The van der Waals surface area contributed by atoms with Gasteiger partial charge in [0.15, 0.2) is 0 Å². The maximum Gasteiger partial charge on any atom is 0.257 e. The summed E-state index contributed by atoms with van der Waals surface area (Å²) in [5, 5.41) is 0. The quantitative estimate of drug-likeness (QED) is 0.855. The summed E-state index contributed by atoms with van der Waals surface area (Å²) >= 11 is 0. The number of fused-ring (bicyclic) bond motifs is 1. The lowest BCUT2D eigenvalue weighted by atomic mass is 10.1. The minimum atomic E-state index is 0.152. The summed E-state index contributed by atoms with van der Waals surface area (Å²) in [6, 6.07) is 1.93. The van der Waals surface area contributed by atoms with Gasteiger partial charge in [0.05, 0.1) is 5.56 Å². The maximum absolute atomic E-state index is 12.7. The smallest absolute Gasteiger partial charge is 0.257 e. The van der Waals surface area contributed by atoms with Crippen LogP contribution in [0.4, 0.5) is 0 Å². The van der Waals surface area contributed by atoms with E-state index in [0.717, 1.165) is 42.6 Å². The Labute approximate surface area is 127 Å². The van der Waals surface area contributed by atoms with Crippen molar-refractivity contribution in [3.05, 3.63) is 23.2 Å². The number of amides is 1. The second-order valence-corrected chi connectivity index (χ2v) is 7.24.